The number of esters is 1. The second kappa shape index (κ2) is 6.86. The van der Waals surface area contributed by atoms with Gasteiger partial charge in [-0.2, -0.15) is 0 Å². The van der Waals surface area contributed by atoms with Crippen molar-refractivity contribution in [1.29, 1.82) is 0 Å². The molecule has 1 rings (SSSR count). The largest absolute Gasteiger partial charge is 0.469 e. The molecular weight excluding hydrogens is 206 g/mol. The molecule has 1 unspecified atom stereocenters. The van der Waals surface area contributed by atoms with E-state index in [9.17, 15) is 4.79 Å². The fourth-order valence-electron chi connectivity index (χ4n) is 1.59. The first kappa shape index (κ1) is 13.5. The van der Waals surface area contributed by atoms with E-state index >= 15 is 0 Å². The van der Waals surface area contributed by atoms with Crippen LogP contribution in [0.1, 0.15) is 19.8 Å². The van der Waals surface area contributed by atoms with Gasteiger partial charge >= 0.3 is 5.97 Å². The molecule has 0 saturated heterocycles. The average molecular weight is 229 g/mol. The molecule has 1 aliphatic rings. The Bertz CT molecular complexity index is 216. The van der Waals surface area contributed by atoms with Gasteiger partial charge in [0.2, 0.25) is 0 Å². The highest BCUT2D eigenvalue weighted by Gasteiger charge is 2.21. The molecule has 0 spiro atoms. The molecule has 0 heterocycles. The molecule has 0 aromatic rings. The highest BCUT2D eigenvalue weighted by atomic mass is 16.5. The lowest BCUT2D eigenvalue weighted by Crippen LogP contribution is -2.31. The van der Waals surface area contributed by atoms with Crippen molar-refractivity contribution in [1.82, 2.24) is 4.90 Å². The lowest BCUT2D eigenvalue weighted by molar-refractivity contribution is -0.145. The van der Waals surface area contributed by atoms with Crippen LogP contribution in [0.25, 0.3) is 0 Å². The molecule has 0 aromatic heterocycles. The van der Waals surface area contributed by atoms with Crippen molar-refractivity contribution < 1.29 is 14.3 Å². The number of likely N-dealkylation sites (N-methyl/N-ethyl adjacent to an activating group) is 1. The minimum absolute atomic E-state index is 0.0709. The van der Waals surface area contributed by atoms with E-state index in [4.69, 9.17) is 4.74 Å². The zero-order valence-electron chi connectivity index (χ0n) is 10.6. The Morgan fingerprint density at radius 2 is 2.19 bits per heavy atom. The van der Waals surface area contributed by atoms with E-state index in [1.54, 1.807) is 0 Å². The highest BCUT2D eigenvalue weighted by molar-refractivity contribution is 5.71. The Hall–Kier alpha value is -0.610. The Kier molecular flexibility index (Phi) is 5.77. The van der Waals surface area contributed by atoms with E-state index in [-0.39, 0.29) is 11.9 Å². The molecule has 1 saturated carbocycles. The Balaban J connectivity index is 1.99. The maximum Gasteiger partial charge on any atom is 0.309 e. The number of methoxy groups -OCH3 is 1. The average Bonchev–Trinajstić information content (AvgIpc) is 3.07. The first-order valence-corrected chi connectivity index (χ1v) is 5.97. The molecule has 1 atom stereocenters. The monoisotopic (exact) mass is 229 g/mol. The third-order valence-electron chi connectivity index (χ3n) is 2.86. The quantitative estimate of drug-likeness (QED) is 0.462. The molecule has 94 valence electrons. The van der Waals surface area contributed by atoms with Gasteiger partial charge in [-0.3, -0.25) is 4.79 Å². The van der Waals surface area contributed by atoms with Crippen LogP contribution in [0, 0.1) is 11.8 Å². The van der Waals surface area contributed by atoms with Gasteiger partial charge in [0.25, 0.3) is 0 Å². The van der Waals surface area contributed by atoms with Gasteiger partial charge in [-0.15, -0.1) is 0 Å². The number of nitrogens with zero attached hydrogens (tertiary/aromatic N) is 1. The van der Waals surface area contributed by atoms with Crippen LogP contribution in [0.2, 0.25) is 0 Å². The van der Waals surface area contributed by atoms with E-state index in [0.717, 1.165) is 32.2 Å². The summed E-state index contributed by atoms with van der Waals surface area (Å²) in [6.07, 6.45) is 2.66. The molecule has 0 amide bonds. The van der Waals surface area contributed by atoms with Gasteiger partial charge in [-0.25, -0.2) is 0 Å². The fraction of sp³-hybridized carbons (Fsp3) is 0.917. The minimum Gasteiger partial charge on any atom is -0.469 e. The summed E-state index contributed by atoms with van der Waals surface area (Å²) >= 11 is 0. The third-order valence-corrected chi connectivity index (χ3v) is 2.86. The van der Waals surface area contributed by atoms with Gasteiger partial charge in [0.15, 0.2) is 0 Å². The van der Waals surface area contributed by atoms with Gasteiger partial charge in [0.1, 0.15) is 0 Å². The highest BCUT2D eigenvalue weighted by Crippen LogP contribution is 2.28. The Morgan fingerprint density at radius 1 is 1.50 bits per heavy atom. The second-order valence-corrected chi connectivity index (χ2v) is 4.70. The molecule has 1 fully saturated rings. The van der Waals surface area contributed by atoms with E-state index < -0.39 is 0 Å². The number of hydrogen-bond acceptors (Lipinski definition) is 4. The van der Waals surface area contributed by atoms with Crippen molar-refractivity contribution in [2.45, 2.75) is 19.8 Å². The van der Waals surface area contributed by atoms with E-state index in [1.807, 2.05) is 14.0 Å². The topological polar surface area (TPSA) is 38.8 Å². The van der Waals surface area contributed by atoms with Gasteiger partial charge in [-0.05, 0) is 25.8 Å². The van der Waals surface area contributed by atoms with Crippen LogP contribution in [-0.4, -0.2) is 51.3 Å². The second-order valence-electron chi connectivity index (χ2n) is 4.70. The first-order valence-electron chi connectivity index (χ1n) is 5.97. The van der Waals surface area contributed by atoms with Gasteiger partial charge in [-0.1, -0.05) is 6.92 Å². The fourth-order valence-corrected chi connectivity index (χ4v) is 1.59. The zero-order chi connectivity index (χ0) is 12.0. The summed E-state index contributed by atoms with van der Waals surface area (Å²) in [5.41, 5.74) is 0. The Labute approximate surface area is 97.9 Å². The molecule has 1 aliphatic carbocycles. The molecule has 0 N–H and O–H groups in total. The van der Waals surface area contributed by atoms with Crippen molar-refractivity contribution in [3.63, 3.8) is 0 Å². The lowest BCUT2D eigenvalue weighted by Gasteiger charge is -2.19. The maximum atomic E-state index is 11.2. The predicted octanol–water partition coefficient (Wildman–Crippen LogP) is 1.15. The SMILES string of the molecule is COC(=O)C(C)CN(C)CCOCC1CC1. The van der Waals surface area contributed by atoms with Crippen LogP contribution in [-0.2, 0) is 14.3 Å². The van der Waals surface area contributed by atoms with Crippen molar-refractivity contribution >= 4 is 5.97 Å². The predicted molar refractivity (Wildman–Crippen MR) is 62.2 cm³/mol. The summed E-state index contributed by atoms with van der Waals surface area (Å²) in [5.74, 6) is 0.600. The summed E-state index contributed by atoms with van der Waals surface area (Å²) in [6, 6.07) is 0. The van der Waals surface area contributed by atoms with E-state index in [0.29, 0.717) is 0 Å². The van der Waals surface area contributed by atoms with Crippen LogP contribution in [0.4, 0.5) is 0 Å². The van der Waals surface area contributed by atoms with Crippen LogP contribution >= 0.6 is 0 Å². The summed E-state index contributed by atoms with van der Waals surface area (Å²) in [6.45, 7) is 5.13. The van der Waals surface area contributed by atoms with Crippen LogP contribution in [0.5, 0.6) is 0 Å². The van der Waals surface area contributed by atoms with Gasteiger partial charge < -0.3 is 14.4 Å². The van der Waals surface area contributed by atoms with Crippen LogP contribution < -0.4 is 0 Å². The summed E-state index contributed by atoms with van der Waals surface area (Å²) in [7, 11) is 3.43. The smallest absolute Gasteiger partial charge is 0.309 e. The van der Waals surface area contributed by atoms with Gasteiger partial charge in [0, 0.05) is 19.7 Å². The van der Waals surface area contributed by atoms with Gasteiger partial charge in [0.05, 0.1) is 19.6 Å². The number of carbonyl (C=O) groups is 1. The first-order chi connectivity index (χ1) is 7.63. The molecule has 4 nitrogen and oxygen atoms in total. The van der Waals surface area contributed by atoms with E-state index in [1.165, 1.54) is 20.0 Å². The molecular formula is C12H23NO3. The number of rotatable bonds is 8. The normalized spacial score (nSPS) is 17.5. The van der Waals surface area contributed by atoms with Crippen molar-refractivity contribution in [3.05, 3.63) is 0 Å². The molecule has 0 bridgehead atoms. The number of ether oxygens (including phenoxy) is 2. The number of carbonyl (C=O) groups excluding carboxylic acids is 1. The molecule has 16 heavy (non-hydrogen) atoms. The summed E-state index contributed by atoms with van der Waals surface area (Å²) < 4.78 is 10.2. The van der Waals surface area contributed by atoms with Crippen molar-refractivity contribution in [2.24, 2.45) is 11.8 Å². The molecule has 0 aromatic carbocycles. The molecule has 0 aliphatic heterocycles. The van der Waals surface area contributed by atoms with Crippen molar-refractivity contribution in [3.8, 4) is 0 Å². The van der Waals surface area contributed by atoms with Crippen LogP contribution in [0.3, 0.4) is 0 Å². The lowest BCUT2D eigenvalue weighted by atomic mass is 10.2. The van der Waals surface area contributed by atoms with E-state index in [2.05, 4.69) is 9.64 Å². The maximum absolute atomic E-state index is 11.2. The number of hydrogen-bond donors (Lipinski definition) is 0. The van der Waals surface area contributed by atoms with Crippen molar-refractivity contribution in [2.75, 3.05) is 40.5 Å². The third kappa shape index (κ3) is 5.47. The van der Waals surface area contributed by atoms with Crippen LogP contribution in [0.15, 0.2) is 0 Å². The summed E-state index contributed by atoms with van der Waals surface area (Å²) in [4.78, 5) is 13.3. The Morgan fingerprint density at radius 3 is 2.75 bits per heavy atom. The summed E-state index contributed by atoms with van der Waals surface area (Å²) in [5, 5.41) is 0. The minimum atomic E-state index is -0.147. The zero-order valence-corrected chi connectivity index (χ0v) is 10.6. The molecule has 4 heteroatoms. The standard InChI is InChI=1S/C12H23NO3/c1-10(12(14)15-3)8-13(2)6-7-16-9-11-4-5-11/h10-11H,4-9H2,1-3H3. The molecule has 0 radical (unpaired) electrons.